The highest BCUT2D eigenvalue weighted by Gasteiger charge is 2.32. The maximum Gasteiger partial charge on any atom is 0.270 e. The molecule has 1 aromatic heterocycles. The summed E-state index contributed by atoms with van der Waals surface area (Å²) < 4.78 is 5.83. The van der Waals surface area contributed by atoms with Crippen molar-refractivity contribution in [1.29, 1.82) is 0 Å². The standard InChI is InChI=1S/C15H22N4O2/c1-16-11-4-5-17-14(7-11)15(20)18-8-13-9-19-6-2-3-12(19)10-21-13/h4-5,7,12-13H,2-3,6,8-10H2,1H3,(H,16,17)(H,18,20). The number of aromatic nitrogens is 1. The molecule has 6 heteroatoms. The predicted molar refractivity (Wildman–Crippen MR) is 80.5 cm³/mol. The predicted octanol–water partition coefficient (Wildman–Crippen LogP) is 0.716. The zero-order valence-corrected chi connectivity index (χ0v) is 12.3. The van der Waals surface area contributed by atoms with Gasteiger partial charge in [-0.2, -0.15) is 0 Å². The highest BCUT2D eigenvalue weighted by Crippen LogP contribution is 2.22. The van der Waals surface area contributed by atoms with E-state index in [4.69, 9.17) is 4.74 Å². The number of pyridine rings is 1. The fourth-order valence-corrected chi connectivity index (χ4v) is 3.02. The van der Waals surface area contributed by atoms with E-state index in [1.807, 2.05) is 13.1 Å². The molecule has 3 heterocycles. The average molecular weight is 290 g/mol. The SMILES string of the molecule is CNc1ccnc(C(=O)NCC2CN3CCCC3CO2)c1. The van der Waals surface area contributed by atoms with Gasteiger partial charge in [-0.15, -0.1) is 0 Å². The Hall–Kier alpha value is -1.66. The van der Waals surface area contributed by atoms with Gasteiger partial charge in [-0.1, -0.05) is 0 Å². The first kappa shape index (κ1) is 14.3. The minimum Gasteiger partial charge on any atom is -0.388 e. The van der Waals surface area contributed by atoms with Gasteiger partial charge in [0.1, 0.15) is 5.69 Å². The van der Waals surface area contributed by atoms with Crippen LogP contribution in [0.3, 0.4) is 0 Å². The number of fused-ring (bicyclic) bond motifs is 1. The average Bonchev–Trinajstić information content (AvgIpc) is 3.00. The van der Waals surface area contributed by atoms with Crippen molar-refractivity contribution in [2.75, 3.05) is 38.6 Å². The van der Waals surface area contributed by atoms with Crippen LogP contribution < -0.4 is 10.6 Å². The first-order valence-corrected chi connectivity index (χ1v) is 7.54. The number of nitrogens with zero attached hydrogens (tertiary/aromatic N) is 2. The number of morpholine rings is 1. The van der Waals surface area contributed by atoms with Crippen LogP contribution in [-0.2, 0) is 4.74 Å². The summed E-state index contributed by atoms with van der Waals surface area (Å²) in [7, 11) is 1.82. The molecule has 21 heavy (non-hydrogen) atoms. The summed E-state index contributed by atoms with van der Waals surface area (Å²) in [5.41, 5.74) is 1.31. The Labute approximate surface area is 124 Å². The molecule has 2 atom stereocenters. The highest BCUT2D eigenvalue weighted by molar-refractivity contribution is 5.93. The van der Waals surface area contributed by atoms with Crippen molar-refractivity contribution >= 4 is 11.6 Å². The van der Waals surface area contributed by atoms with Crippen LogP contribution in [0.2, 0.25) is 0 Å². The van der Waals surface area contributed by atoms with Crippen LogP contribution in [0.4, 0.5) is 5.69 Å². The number of carbonyl (C=O) groups excluding carboxylic acids is 1. The van der Waals surface area contributed by atoms with E-state index in [9.17, 15) is 4.79 Å². The third-order valence-corrected chi connectivity index (χ3v) is 4.23. The molecule has 0 bridgehead atoms. The quantitative estimate of drug-likeness (QED) is 0.855. The largest absolute Gasteiger partial charge is 0.388 e. The van der Waals surface area contributed by atoms with Gasteiger partial charge < -0.3 is 15.4 Å². The molecule has 0 aliphatic carbocycles. The maximum absolute atomic E-state index is 12.1. The summed E-state index contributed by atoms with van der Waals surface area (Å²) in [5, 5.41) is 5.92. The number of rotatable bonds is 4. The summed E-state index contributed by atoms with van der Waals surface area (Å²) in [6.45, 7) is 3.39. The second-order valence-corrected chi connectivity index (χ2v) is 5.64. The van der Waals surface area contributed by atoms with E-state index in [-0.39, 0.29) is 12.0 Å². The molecule has 0 saturated carbocycles. The molecule has 0 aromatic carbocycles. The normalized spacial score (nSPS) is 25.4. The van der Waals surface area contributed by atoms with Crippen molar-refractivity contribution in [2.24, 2.45) is 0 Å². The fourth-order valence-electron chi connectivity index (χ4n) is 3.02. The molecule has 2 saturated heterocycles. The molecule has 6 nitrogen and oxygen atoms in total. The van der Waals surface area contributed by atoms with E-state index in [0.717, 1.165) is 25.4 Å². The number of ether oxygens (including phenoxy) is 1. The second-order valence-electron chi connectivity index (χ2n) is 5.64. The van der Waals surface area contributed by atoms with Gasteiger partial charge in [0.05, 0.1) is 12.7 Å². The van der Waals surface area contributed by atoms with Gasteiger partial charge in [-0.05, 0) is 31.5 Å². The lowest BCUT2D eigenvalue weighted by atomic mass is 10.2. The maximum atomic E-state index is 12.1. The summed E-state index contributed by atoms with van der Waals surface area (Å²) in [4.78, 5) is 18.7. The number of carbonyl (C=O) groups is 1. The van der Waals surface area contributed by atoms with Crippen LogP contribution in [-0.4, -0.2) is 61.2 Å². The monoisotopic (exact) mass is 290 g/mol. The second kappa shape index (κ2) is 6.41. The fraction of sp³-hybridized carbons (Fsp3) is 0.600. The van der Waals surface area contributed by atoms with Crippen molar-refractivity contribution < 1.29 is 9.53 Å². The molecule has 114 valence electrons. The highest BCUT2D eigenvalue weighted by atomic mass is 16.5. The van der Waals surface area contributed by atoms with E-state index in [2.05, 4.69) is 20.5 Å². The van der Waals surface area contributed by atoms with Gasteiger partial charge in [0.25, 0.3) is 5.91 Å². The summed E-state index contributed by atoms with van der Waals surface area (Å²) in [5.74, 6) is -0.153. The van der Waals surface area contributed by atoms with Crippen LogP contribution in [0.1, 0.15) is 23.3 Å². The molecule has 0 radical (unpaired) electrons. The topological polar surface area (TPSA) is 66.5 Å². The molecule has 3 rings (SSSR count). The number of hydrogen-bond donors (Lipinski definition) is 2. The molecule has 2 N–H and O–H groups in total. The first-order chi connectivity index (χ1) is 10.3. The Balaban J connectivity index is 1.51. The van der Waals surface area contributed by atoms with Crippen molar-refractivity contribution in [3.05, 3.63) is 24.0 Å². The minimum atomic E-state index is -0.153. The number of nitrogens with one attached hydrogen (secondary N) is 2. The van der Waals surface area contributed by atoms with Gasteiger partial charge in [-0.3, -0.25) is 14.7 Å². The first-order valence-electron chi connectivity index (χ1n) is 7.54. The van der Waals surface area contributed by atoms with Crippen LogP contribution in [0.5, 0.6) is 0 Å². The molecule has 1 amide bonds. The van der Waals surface area contributed by atoms with Gasteiger partial charge in [0.15, 0.2) is 0 Å². The van der Waals surface area contributed by atoms with E-state index in [1.165, 1.54) is 12.8 Å². The smallest absolute Gasteiger partial charge is 0.270 e. The van der Waals surface area contributed by atoms with Crippen LogP contribution >= 0.6 is 0 Å². The molecule has 2 unspecified atom stereocenters. The zero-order valence-electron chi connectivity index (χ0n) is 12.3. The van der Waals surface area contributed by atoms with Crippen LogP contribution in [0.15, 0.2) is 18.3 Å². The zero-order chi connectivity index (χ0) is 14.7. The van der Waals surface area contributed by atoms with Crippen molar-refractivity contribution in [2.45, 2.75) is 25.0 Å². The summed E-state index contributed by atoms with van der Waals surface area (Å²) in [6, 6.07) is 4.16. The van der Waals surface area contributed by atoms with E-state index < -0.39 is 0 Å². The number of anilines is 1. The number of hydrogen-bond acceptors (Lipinski definition) is 5. The molecule has 2 aliphatic rings. The third kappa shape index (κ3) is 3.33. The molecular weight excluding hydrogens is 268 g/mol. The lowest BCUT2D eigenvalue weighted by Gasteiger charge is -2.35. The molecule has 2 fully saturated rings. The third-order valence-electron chi connectivity index (χ3n) is 4.23. The van der Waals surface area contributed by atoms with Crippen molar-refractivity contribution in [1.82, 2.24) is 15.2 Å². The van der Waals surface area contributed by atoms with Crippen molar-refractivity contribution in [3.63, 3.8) is 0 Å². The molecule has 0 spiro atoms. The Kier molecular flexibility index (Phi) is 4.36. The van der Waals surface area contributed by atoms with Crippen LogP contribution in [0.25, 0.3) is 0 Å². The van der Waals surface area contributed by atoms with Crippen molar-refractivity contribution in [3.8, 4) is 0 Å². The van der Waals surface area contributed by atoms with Crippen LogP contribution in [0, 0.1) is 0 Å². The number of amides is 1. The summed E-state index contributed by atoms with van der Waals surface area (Å²) >= 11 is 0. The minimum absolute atomic E-state index is 0.0794. The Morgan fingerprint density at radius 1 is 1.57 bits per heavy atom. The van der Waals surface area contributed by atoms with Gasteiger partial charge in [-0.25, -0.2) is 0 Å². The molecular formula is C15H22N4O2. The van der Waals surface area contributed by atoms with E-state index in [1.54, 1.807) is 12.3 Å². The molecule has 1 aromatic rings. The van der Waals surface area contributed by atoms with Gasteiger partial charge in [0, 0.05) is 38.1 Å². The lowest BCUT2D eigenvalue weighted by Crippen LogP contribution is -2.50. The van der Waals surface area contributed by atoms with Gasteiger partial charge >= 0.3 is 0 Å². The Morgan fingerprint density at radius 3 is 3.33 bits per heavy atom. The molecule has 2 aliphatic heterocycles. The van der Waals surface area contributed by atoms with E-state index >= 15 is 0 Å². The lowest BCUT2D eigenvalue weighted by molar-refractivity contribution is -0.0462. The van der Waals surface area contributed by atoms with E-state index in [0.29, 0.717) is 18.3 Å². The Morgan fingerprint density at radius 2 is 2.48 bits per heavy atom. The van der Waals surface area contributed by atoms with Gasteiger partial charge in [0.2, 0.25) is 0 Å². The Bertz CT molecular complexity index is 508. The summed E-state index contributed by atoms with van der Waals surface area (Å²) in [6.07, 6.45) is 4.20.